The molecular formula is C16H22N2O2. The average molecular weight is 274 g/mol. The summed E-state index contributed by atoms with van der Waals surface area (Å²) in [5.41, 5.74) is 6.30. The molecule has 20 heavy (non-hydrogen) atoms. The molecule has 1 aliphatic heterocycles. The van der Waals surface area contributed by atoms with Crippen molar-refractivity contribution in [3.63, 3.8) is 0 Å². The molecule has 0 bridgehead atoms. The summed E-state index contributed by atoms with van der Waals surface area (Å²) in [7, 11) is 0. The van der Waals surface area contributed by atoms with Crippen LogP contribution in [0.2, 0.25) is 0 Å². The maximum atomic E-state index is 5.76. The van der Waals surface area contributed by atoms with Crippen LogP contribution in [0, 0.1) is 11.8 Å². The van der Waals surface area contributed by atoms with Gasteiger partial charge < -0.3 is 15.2 Å². The van der Waals surface area contributed by atoms with E-state index < -0.39 is 0 Å². The van der Waals surface area contributed by atoms with E-state index in [2.05, 4.69) is 23.7 Å². The van der Waals surface area contributed by atoms with Gasteiger partial charge in [0, 0.05) is 24.7 Å². The van der Waals surface area contributed by atoms with Gasteiger partial charge in [-0.2, -0.15) is 0 Å². The molecule has 0 saturated carbocycles. The van der Waals surface area contributed by atoms with Crippen molar-refractivity contribution < 1.29 is 9.47 Å². The Hall–Kier alpha value is -1.54. The molecule has 0 aliphatic carbocycles. The second-order valence-corrected chi connectivity index (χ2v) is 4.84. The van der Waals surface area contributed by atoms with E-state index in [4.69, 9.17) is 15.2 Å². The molecule has 4 nitrogen and oxygen atoms in total. The number of morpholine rings is 1. The first-order valence-corrected chi connectivity index (χ1v) is 7.03. The van der Waals surface area contributed by atoms with Crippen molar-refractivity contribution in [1.29, 1.82) is 0 Å². The number of hydrogen-bond acceptors (Lipinski definition) is 4. The van der Waals surface area contributed by atoms with Crippen LogP contribution in [0.25, 0.3) is 0 Å². The van der Waals surface area contributed by atoms with E-state index in [0.29, 0.717) is 19.2 Å². The molecule has 4 heteroatoms. The summed E-state index contributed by atoms with van der Waals surface area (Å²) in [5.74, 6) is 6.70. The summed E-state index contributed by atoms with van der Waals surface area (Å²) in [6.07, 6.45) is 0. The van der Waals surface area contributed by atoms with Crippen molar-refractivity contribution in [2.24, 2.45) is 5.73 Å². The van der Waals surface area contributed by atoms with Gasteiger partial charge in [-0.1, -0.05) is 11.8 Å². The Morgan fingerprint density at radius 2 is 2.20 bits per heavy atom. The van der Waals surface area contributed by atoms with Gasteiger partial charge in [-0.25, -0.2) is 0 Å². The number of ether oxygens (including phenoxy) is 2. The molecule has 1 atom stereocenters. The maximum absolute atomic E-state index is 5.76. The number of benzene rings is 1. The van der Waals surface area contributed by atoms with Gasteiger partial charge in [0.2, 0.25) is 0 Å². The Morgan fingerprint density at radius 1 is 1.40 bits per heavy atom. The van der Waals surface area contributed by atoms with Crippen LogP contribution < -0.4 is 10.5 Å². The second kappa shape index (κ2) is 7.91. The summed E-state index contributed by atoms with van der Waals surface area (Å²) in [5, 5.41) is 0. The fourth-order valence-corrected chi connectivity index (χ4v) is 2.16. The summed E-state index contributed by atoms with van der Waals surface area (Å²) in [4.78, 5) is 2.39. The first kappa shape index (κ1) is 14.9. The molecule has 1 saturated heterocycles. The lowest BCUT2D eigenvalue weighted by molar-refractivity contribution is -0.00514. The van der Waals surface area contributed by atoms with Crippen LogP contribution in [0.15, 0.2) is 24.3 Å². The highest BCUT2D eigenvalue weighted by Gasteiger charge is 2.17. The molecule has 1 aromatic rings. The zero-order valence-corrected chi connectivity index (χ0v) is 12.0. The summed E-state index contributed by atoms with van der Waals surface area (Å²) in [6.45, 7) is 6.81. The summed E-state index contributed by atoms with van der Waals surface area (Å²) >= 11 is 0. The zero-order chi connectivity index (χ0) is 14.2. The van der Waals surface area contributed by atoms with Gasteiger partial charge in [-0.15, -0.1) is 0 Å². The van der Waals surface area contributed by atoms with Crippen LogP contribution in [0.1, 0.15) is 12.5 Å². The van der Waals surface area contributed by atoms with Crippen molar-refractivity contribution in [2.75, 3.05) is 39.5 Å². The van der Waals surface area contributed by atoms with E-state index in [-0.39, 0.29) is 0 Å². The van der Waals surface area contributed by atoms with E-state index in [9.17, 15) is 0 Å². The summed E-state index contributed by atoms with van der Waals surface area (Å²) in [6, 6.07) is 8.28. The van der Waals surface area contributed by atoms with Crippen LogP contribution in [0.3, 0.4) is 0 Å². The van der Waals surface area contributed by atoms with Crippen molar-refractivity contribution in [1.82, 2.24) is 4.90 Å². The minimum absolute atomic E-state index is 0.385. The molecule has 0 radical (unpaired) electrons. The molecule has 0 spiro atoms. The number of hydrogen-bond donors (Lipinski definition) is 1. The Labute approximate surface area is 120 Å². The Kier molecular flexibility index (Phi) is 5.87. The molecule has 1 heterocycles. The fourth-order valence-electron chi connectivity index (χ4n) is 2.16. The lowest BCUT2D eigenvalue weighted by atomic mass is 10.2. The predicted octanol–water partition coefficient (Wildman–Crippen LogP) is 1.10. The van der Waals surface area contributed by atoms with E-state index in [1.54, 1.807) is 0 Å². The molecular weight excluding hydrogens is 252 g/mol. The smallest absolute Gasteiger partial charge is 0.119 e. The largest absolute Gasteiger partial charge is 0.492 e. The van der Waals surface area contributed by atoms with Crippen LogP contribution in [0.5, 0.6) is 5.75 Å². The third kappa shape index (κ3) is 4.53. The van der Waals surface area contributed by atoms with Crippen molar-refractivity contribution >= 4 is 0 Å². The molecule has 2 N–H and O–H groups in total. The van der Waals surface area contributed by atoms with Gasteiger partial charge in [0.1, 0.15) is 12.4 Å². The normalized spacial score (nSPS) is 19.2. The predicted molar refractivity (Wildman–Crippen MR) is 79.7 cm³/mol. The zero-order valence-electron chi connectivity index (χ0n) is 12.0. The topological polar surface area (TPSA) is 47.7 Å². The Balaban J connectivity index is 1.76. The molecule has 0 amide bonds. The lowest BCUT2D eigenvalue weighted by Gasteiger charge is -2.32. The maximum Gasteiger partial charge on any atom is 0.119 e. The Morgan fingerprint density at radius 3 is 2.90 bits per heavy atom. The lowest BCUT2D eigenvalue weighted by Crippen LogP contribution is -2.45. The molecule has 1 aromatic carbocycles. The van der Waals surface area contributed by atoms with Crippen molar-refractivity contribution in [3.8, 4) is 17.6 Å². The van der Waals surface area contributed by atoms with Crippen LogP contribution in [-0.4, -0.2) is 50.4 Å². The van der Waals surface area contributed by atoms with E-state index in [0.717, 1.165) is 37.6 Å². The first-order chi connectivity index (χ1) is 9.79. The second-order valence-electron chi connectivity index (χ2n) is 4.84. The molecule has 0 aromatic heterocycles. The van der Waals surface area contributed by atoms with Gasteiger partial charge in [0.25, 0.3) is 0 Å². The van der Waals surface area contributed by atoms with Crippen LogP contribution in [-0.2, 0) is 4.74 Å². The standard InChI is InChI=1S/C16H22N2O2/c1-14-13-19-11-9-18(14)10-12-20-16-6-4-15(5-7-16)3-2-8-17/h4-7,14H,8-13,17H2,1H3. The number of rotatable bonds is 4. The fraction of sp³-hybridized carbons (Fsp3) is 0.500. The molecule has 1 fully saturated rings. The van der Waals surface area contributed by atoms with Gasteiger partial charge in [0.05, 0.1) is 19.8 Å². The Bertz CT molecular complexity index is 462. The van der Waals surface area contributed by atoms with E-state index >= 15 is 0 Å². The third-order valence-corrected chi connectivity index (χ3v) is 3.34. The third-order valence-electron chi connectivity index (χ3n) is 3.34. The highest BCUT2D eigenvalue weighted by Crippen LogP contribution is 2.12. The average Bonchev–Trinajstić information content (AvgIpc) is 2.48. The molecule has 1 aliphatic rings. The van der Waals surface area contributed by atoms with E-state index in [1.807, 2.05) is 24.3 Å². The highest BCUT2D eigenvalue weighted by atomic mass is 16.5. The van der Waals surface area contributed by atoms with E-state index in [1.165, 1.54) is 0 Å². The SMILES string of the molecule is CC1COCCN1CCOc1ccc(C#CCN)cc1. The first-order valence-electron chi connectivity index (χ1n) is 7.03. The minimum atomic E-state index is 0.385. The highest BCUT2D eigenvalue weighted by molar-refractivity contribution is 5.38. The molecule has 2 rings (SSSR count). The van der Waals surface area contributed by atoms with Crippen LogP contribution >= 0.6 is 0 Å². The number of nitrogens with zero attached hydrogens (tertiary/aromatic N) is 1. The summed E-state index contributed by atoms with van der Waals surface area (Å²) < 4.78 is 11.2. The van der Waals surface area contributed by atoms with Gasteiger partial charge in [-0.05, 0) is 31.2 Å². The van der Waals surface area contributed by atoms with Gasteiger partial charge in [-0.3, -0.25) is 4.90 Å². The quantitative estimate of drug-likeness (QED) is 0.835. The van der Waals surface area contributed by atoms with Crippen molar-refractivity contribution in [2.45, 2.75) is 13.0 Å². The minimum Gasteiger partial charge on any atom is -0.492 e. The monoisotopic (exact) mass is 274 g/mol. The molecule has 1 unspecified atom stereocenters. The number of nitrogens with two attached hydrogens (primary N) is 1. The van der Waals surface area contributed by atoms with Gasteiger partial charge in [0.15, 0.2) is 0 Å². The van der Waals surface area contributed by atoms with Gasteiger partial charge >= 0.3 is 0 Å². The van der Waals surface area contributed by atoms with Crippen LogP contribution in [0.4, 0.5) is 0 Å². The molecule has 108 valence electrons. The van der Waals surface area contributed by atoms with Crippen molar-refractivity contribution in [3.05, 3.63) is 29.8 Å².